The number of hydrogen-bond donors (Lipinski definition) is 2. The van der Waals surface area contributed by atoms with E-state index in [1.807, 2.05) is 47.8 Å². The number of H-pyrrole nitrogens is 1. The maximum Gasteiger partial charge on any atom is 0.257 e. The minimum atomic E-state index is -0.137. The van der Waals surface area contributed by atoms with Gasteiger partial charge in [-0.1, -0.05) is 18.2 Å². The SMILES string of the molecule is Br.O=c1[nH]c2ccccc2cc1-c1csc(Nc2cccnc2)n1. The summed E-state index contributed by atoms with van der Waals surface area (Å²) in [5, 5.41) is 6.76. The van der Waals surface area contributed by atoms with Crippen molar-refractivity contribution in [3.8, 4) is 11.3 Å². The van der Waals surface area contributed by atoms with Crippen LogP contribution in [-0.2, 0) is 0 Å². The second-order valence-electron chi connectivity index (χ2n) is 5.00. The summed E-state index contributed by atoms with van der Waals surface area (Å²) in [5.41, 5.74) is 2.78. The Hall–Kier alpha value is -2.51. The molecule has 0 aliphatic heterocycles. The van der Waals surface area contributed by atoms with Crippen LogP contribution in [0, 0.1) is 0 Å². The van der Waals surface area contributed by atoms with Gasteiger partial charge in [0, 0.05) is 17.1 Å². The van der Waals surface area contributed by atoms with Crippen molar-refractivity contribution in [1.29, 1.82) is 0 Å². The number of para-hydroxylation sites is 1. The van der Waals surface area contributed by atoms with E-state index < -0.39 is 0 Å². The highest BCUT2D eigenvalue weighted by molar-refractivity contribution is 8.93. The maximum atomic E-state index is 12.3. The van der Waals surface area contributed by atoms with Crippen molar-refractivity contribution in [2.75, 3.05) is 5.32 Å². The number of pyridine rings is 2. The fraction of sp³-hybridized carbons (Fsp3) is 0. The fourth-order valence-electron chi connectivity index (χ4n) is 2.35. The van der Waals surface area contributed by atoms with Crippen molar-refractivity contribution in [2.24, 2.45) is 0 Å². The van der Waals surface area contributed by atoms with Crippen LogP contribution in [0.4, 0.5) is 10.8 Å². The third-order valence-electron chi connectivity index (χ3n) is 3.45. The molecule has 7 heteroatoms. The Morgan fingerprint density at radius 2 is 2.00 bits per heavy atom. The molecule has 4 rings (SSSR count). The van der Waals surface area contributed by atoms with Gasteiger partial charge in [-0.2, -0.15) is 0 Å². The zero-order valence-electron chi connectivity index (χ0n) is 12.4. The van der Waals surface area contributed by atoms with E-state index in [9.17, 15) is 4.79 Å². The highest BCUT2D eigenvalue weighted by Crippen LogP contribution is 2.26. The van der Waals surface area contributed by atoms with Gasteiger partial charge in [0.05, 0.1) is 23.1 Å². The maximum absolute atomic E-state index is 12.3. The summed E-state index contributed by atoms with van der Waals surface area (Å²) < 4.78 is 0. The molecule has 4 aromatic rings. The van der Waals surface area contributed by atoms with Crippen LogP contribution in [0.3, 0.4) is 0 Å². The molecule has 0 aliphatic rings. The van der Waals surface area contributed by atoms with E-state index in [0.29, 0.717) is 11.3 Å². The number of nitrogens with zero attached hydrogens (tertiary/aromatic N) is 2. The number of thiazole rings is 1. The minimum Gasteiger partial charge on any atom is -0.330 e. The van der Waals surface area contributed by atoms with Crippen LogP contribution in [-0.4, -0.2) is 15.0 Å². The largest absolute Gasteiger partial charge is 0.330 e. The molecule has 0 unspecified atom stereocenters. The molecule has 0 saturated heterocycles. The normalized spacial score (nSPS) is 10.3. The van der Waals surface area contributed by atoms with E-state index in [-0.39, 0.29) is 22.5 Å². The second-order valence-corrected chi connectivity index (χ2v) is 5.86. The second kappa shape index (κ2) is 6.94. The van der Waals surface area contributed by atoms with Gasteiger partial charge in [-0.25, -0.2) is 4.98 Å². The Morgan fingerprint density at radius 1 is 1.12 bits per heavy atom. The van der Waals surface area contributed by atoms with Crippen molar-refractivity contribution in [3.63, 3.8) is 0 Å². The lowest BCUT2D eigenvalue weighted by atomic mass is 10.1. The highest BCUT2D eigenvalue weighted by Gasteiger charge is 2.10. The quantitative estimate of drug-likeness (QED) is 0.535. The number of aromatic nitrogens is 3. The molecule has 0 bridgehead atoms. The van der Waals surface area contributed by atoms with Crippen LogP contribution < -0.4 is 10.9 Å². The van der Waals surface area contributed by atoms with Gasteiger partial charge < -0.3 is 10.3 Å². The Kier molecular flexibility index (Phi) is 4.73. The molecule has 5 nitrogen and oxygen atoms in total. The predicted molar refractivity (Wildman–Crippen MR) is 104 cm³/mol. The van der Waals surface area contributed by atoms with Crippen molar-refractivity contribution < 1.29 is 0 Å². The lowest BCUT2D eigenvalue weighted by Gasteiger charge is -2.01. The first-order valence-electron chi connectivity index (χ1n) is 7.04. The van der Waals surface area contributed by atoms with Crippen LogP contribution in [0.15, 0.2) is 65.0 Å². The number of nitrogens with one attached hydrogen (secondary N) is 2. The van der Waals surface area contributed by atoms with Gasteiger partial charge in [0.2, 0.25) is 0 Å². The van der Waals surface area contributed by atoms with Crippen molar-refractivity contribution in [2.45, 2.75) is 0 Å². The van der Waals surface area contributed by atoms with Gasteiger partial charge in [-0.15, -0.1) is 28.3 Å². The zero-order valence-corrected chi connectivity index (χ0v) is 14.9. The third kappa shape index (κ3) is 3.22. The number of benzene rings is 1. The van der Waals surface area contributed by atoms with Gasteiger partial charge in [-0.3, -0.25) is 9.78 Å². The van der Waals surface area contributed by atoms with Crippen LogP contribution in [0.25, 0.3) is 22.2 Å². The van der Waals surface area contributed by atoms with Crippen LogP contribution in [0.2, 0.25) is 0 Å². The fourth-order valence-corrected chi connectivity index (χ4v) is 3.08. The number of aromatic amines is 1. The Labute approximate surface area is 152 Å². The molecule has 3 aromatic heterocycles. The molecule has 3 heterocycles. The molecule has 2 N–H and O–H groups in total. The molecule has 0 fully saturated rings. The first kappa shape index (κ1) is 16.4. The summed E-state index contributed by atoms with van der Waals surface area (Å²) in [7, 11) is 0. The molecule has 24 heavy (non-hydrogen) atoms. The lowest BCUT2D eigenvalue weighted by molar-refractivity contribution is 1.28. The summed E-state index contributed by atoms with van der Waals surface area (Å²) in [6.07, 6.45) is 3.44. The zero-order chi connectivity index (χ0) is 15.6. The van der Waals surface area contributed by atoms with Gasteiger partial charge in [0.25, 0.3) is 5.56 Å². The summed E-state index contributed by atoms with van der Waals surface area (Å²) in [4.78, 5) is 23.7. The van der Waals surface area contributed by atoms with Crippen LogP contribution in [0.1, 0.15) is 0 Å². The molecule has 0 spiro atoms. The van der Waals surface area contributed by atoms with E-state index in [2.05, 4.69) is 20.3 Å². The van der Waals surface area contributed by atoms with E-state index in [4.69, 9.17) is 0 Å². The lowest BCUT2D eigenvalue weighted by Crippen LogP contribution is -2.08. The van der Waals surface area contributed by atoms with E-state index >= 15 is 0 Å². The standard InChI is InChI=1S/C17H12N4OS.BrH/c22-16-13(8-11-4-1-2-6-14(11)20-16)15-10-23-17(21-15)19-12-5-3-7-18-9-12;/h1-10H,(H,19,21)(H,20,22);1H. The average molecular weight is 401 g/mol. The summed E-state index contributed by atoms with van der Waals surface area (Å²) in [6, 6.07) is 13.3. The highest BCUT2D eigenvalue weighted by atomic mass is 79.9. The van der Waals surface area contributed by atoms with E-state index in [1.165, 1.54) is 11.3 Å². The van der Waals surface area contributed by atoms with Crippen molar-refractivity contribution in [3.05, 3.63) is 70.6 Å². The van der Waals surface area contributed by atoms with Gasteiger partial charge in [-0.05, 0) is 29.7 Å². The third-order valence-corrected chi connectivity index (χ3v) is 4.20. The molecule has 1 aromatic carbocycles. The van der Waals surface area contributed by atoms with Crippen LogP contribution >= 0.6 is 28.3 Å². The average Bonchev–Trinajstić information content (AvgIpc) is 3.03. The number of halogens is 1. The molecule has 120 valence electrons. The molecule has 0 saturated carbocycles. The Morgan fingerprint density at radius 3 is 2.83 bits per heavy atom. The minimum absolute atomic E-state index is 0. The van der Waals surface area contributed by atoms with Crippen molar-refractivity contribution >= 4 is 50.0 Å². The van der Waals surface area contributed by atoms with Gasteiger partial charge >= 0.3 is 0 Å². The molecule has 0 atom stereocenters. The van der Waals surface area contributed by atoms with Crippen molar-refractivity contribution in [1.82, 2.24) is 15.0 Å². The topological polar surface area (TPSA) is 70.7 Å². The van der Waals surface area contributed by atoms with Gasteiger partial charge in [0.15, 0.2) is 5.13 Å². The summed E-state index contributed by atoms with van der Waals surface area (Å²) in [6.45, 7) is 0. The summed E-state index contributed by atoms with van der Waals surface area (Å²) in [5.74, 6) is 0. The Bertz CT molecular complexity index is 1030. The number of anilines is 2. The number of rotatable bonds is 3. The van der Waals surface area contributed by atoms with Crippen LogP contribution in [0.5, 0.6) is 0 Å². The monoisotopic (exact) mass is 400 g/mol. The van der Waals surface area contributed by atoms with E-state index in [1.54, 1.807) is 12.4 Å². The smallest absolute Gasteiger partial charge is 0.257 e. The van der Waals surface area contributed by atoms with E-state index in [0.717, 1.165) is 21.7 Å². The first-order valence-corrected chi connectivity index (χ1v) is 7.92. The van der Waals surface area contributed by atoms with Gasteiger partial charge in [0.1, 0.15) is 0 Å². The first-order chi connectivity index (χ1) is 11.3. The summed E-state index contributed by atoms with van der Waals surface area (Å²) >= 11 is 1.45. The number of hydrogen-bond acceptors (Lipinski definition) is 5. The molecule has 0 amide bonds. The molecule has 0 radical (unpaired) electrons. The molecular weight excluding hydrogens is 388 g/mol. The molecule has 0 aliphatic carbocycles. The number of fused-ring (bicyclic) bond motifs is 1. The predicted octanol–water partition coefficient (Wildman–Crippen LogP) is 4.37. The molecular formula is C17H13BrN4OS. The Balaban J connectivity index is 0.00000169.